The molecule has 0 heteroatoms. The Morgan fingerprint density at radius 2 is 2.17 bits per heavy atom. The summed E-state index contributed by atoms with van der Waals surface area (Å²) in [6.45, 7) is 6.64. The minimum Gasteiger partial charge on any atom is -0.0999 e. The first-order valence-electron chi connectivity index (χ1n) is 5.37. The molecule has 0 aromatic heterocycles. The van der Waals surface area contributed by atoms with Crippen molar-refractivity contribution in [2.75, 3.05) is 0 Å². The maximum absolute atomic E-state index is 4.14. The lowest BCUT2D eigenvalue weighted by Crippen LogP contribution is -2.34. The van der Waals surface area contributed by atoms with Crippen molar-refractivity contribution in [3.05, 3.63) is 12.2 Å². The van der Waals surface area contributed by atoms with E-state index in [9.17, 15) is 0 Å². The molecule has 0 nitrogen and oxygen atoms in total. The monoisotopic (exact) mass is 164 g/mol. The molecule has 0 spiro atoms. The van der Waals surface area contributed by atoms with Gasteiger partial charge in [0, 0.05) is 0 Å². The van der Waals surface area contributed by atoms with Crippen LogP contribution in [0.25, 0.3) is 0 Å². The van der Waals surface area contributed by atoms with Crippen LogP contribution < -0.4 is 0 Å². The summed E-state index contributed by atoms with van der Waals surface area (Å²) in [4.78, 5) is 0. The minimum atomic E-state index is 0.694. The summed E-state index contributed by atoms with van der Waals surface area (Å²) in [5.74, 6) is 0.979. The number of allylic oxidation sites excluding steroid dienone is 1. The first kappa shape index (κ1) is 8.34. The van der Waals surface area contributed by atoms with E-state index >= 15 is 0 Å². The van der Waals surface area contributed by atoms with E-state index in [2.05, 4.69) is 13.5 Å². The summed E-state index contributed by atoms with van der Waals surface area (Å²) in [5, 5.41) is 0. The van der Waals surface area contributed by atoms with Crippen LogP contribution in [-0.4, -0.2) is 0 Å². The van der Waals surface area contributed by atoms with Crippen molar-refractivity contribution < 1.29 is 0 Å². The van der Waals surface area contributed by atoms with Gasteiger partial charge in [0.25, 0.3) is 0 Å². The molecule has 2 rings (SSSR count). The smallest absolute Gasteiger partial charge is 0.0289 e. The SMILES string of the molecule is C=C1CCC2(C)CCCCC2C1. The lowest BCUT2D eigenvalue weighted by Gasteiger charge is -2.45. The molecule has 2 atom stereocenters. The molecule has 0 heterocycles. The Balaban J connectivity index is 2.11. The molecule has 0 aromatic rings. The van der Waals surface area contributed by atoms with Crippen LogP contribution in [0, 0.1) is 11.3 Å². The third-order valence-electron chi connectivity index (χ3n) is 4.12. The quantitative estimate of drug-likeness (QED) is 0.476. The maximum Gasteiger partial charge on any atom is -0.0289 e. The van der Waals surface area contributed by atoms with Crippen LogP contribution in [0.15, 0.2) is 12.2 Å². The van der Waals surface area contributed by atoms with Gasteiger partial charge < -0.3 is 0 Å². The summed E-state index contributed by atoms with van der Waals surface area (Å²) in [5.41, 5.74) is 2.21. The normalized spacial score (nSPS) is 42.4. The average molecular weight is 164 g/mol. The van der Waals surface area contributed by atoms with Crippen LogP contribution in [0.1, 0.15) is 51.9 Å². The molecule has 2 aliphatic rings. The van der Waals surface area contributed by atoms with Crippen LogP contribution in [0.4, 0.5) is 0 Å². The average Bonchev–Trinajstić information content (AvgIpc) is 2.06. The molecule has 2 fully saturated rings. The van der Waals surface area contributed by atoms with Crippen molar-refractivity contribution in [3.63, 3.8) is 0 Å². The number of hydrogen-bond acceptors (Lipinski definition) is 0. The van der Waals surface area contributed by atoms with Gasteiger partial charge in [0.05, 0.1) is 0 Å². The lowest BCUT2D eigenvalue weighted by molar-refractivity contribution is 0.0853. The molecule has 0 aromatic carbocycles. The Kier molecular flexibility index (Phi) is 2.02. The highest BCUT2D eigenvalue weighted by molar-refractivity contribution is 5.06. The summed E-state index contributed by atoms with van der Waals surface area (Å²) in [6, 6.07) is 0. The van der Waals surface area contributed by atoms with Gasteiger partial charge in [-0.1, -0.05) is 31.9 Å². The standard InChI is InChI=1S/C12H20/c1-10-6-8-12(2)7-4-3-5-11(12)9-10/h11H,1,3-9H2,2H3. The molecule has 0 saturated heterocycles. The van der Waals surface area contributed by atoms with Crippen molar-refractivity contribution in [1.82, 2.24) is 0 Å². The van der Waals surface area contributed by atoms with Gasteiger partial charge in [0.1, 0.15) is 0 Å². The summed E-state index contributed by atoms with van der Waals surface area (Å²) >= 11 is 0. The second kappa shape index (κ2) is 2.90. The molecule has 0 radical (unpaired) electrons. The molecule has 0 aliphatic heterocycles. The van der Waals surface area contributed by atoms with Gasteiger partial charge in [-0.25, -0.2) is 0 Å². The summed E-state index contributed by atoms with van der Waals surface area (Å²) in [6.07, 6.45) is 9.92. The van der Waals surface area contributed by atoms with E-state index in [0.29, 0.717) is 5.41 Å². The highest BCUT2D eigenvalue weighted by Gasteiger charge is 2.38. The number of hydrogen-bond donors (Lipinski definition) is 0. The van der Waals surface area contributed by atoms with Gasteiger partial charge in [-0.05, 0) is 43.4 Å². The van der Waals surface area contributed by atoms with Gasteiger partial charge in [-0.3, -0.25) is 0 Å². The zero-order chi connectivity index (χ0) is 8.60. The van der Waals surface area contributed by atoms with Gasteiger partial charge in [0.2, 0.25) is 0 Å². The fourth-order valence-electron chi connectivity index (χ4n) is 3.06. The molecule has 12 heavy (non-hydrogen) atoms. The number of fused-ring (bicyclic) bond motifs is 1. The third-order valence-corrected chi connectivity index (χ3v) is 4.12. The summed E-state index contributed by atoms with van der Waals surface area (Å²) in [7, 11) is 0. The Labute approximate surface area is 76.1 Å². The van der Waals surface area contributed by atoms with E-state index in [4.69, 9.17) is 0 Å². The van der Waals surface area contributed by atoms with E-state index < -0.39 is 0 Å². The Morgan fingerprint density at radius 1 is 1.33 bits per heavy atom. The van der Waals surface area contributed by atoms with E-state index in [-0.39, 0.29) is 0 Å². The Bertz CT molecular complexity index is 192. The second-order valence-electron chi connectivity index (χ2n) is 5.05. The first-order chi connectivity index (χ1) is 5.71. The van der Waals surface area contributed by atoms with Crippen LogP contribution >= 0.6 is 0 Å². The maximum atomic E-state index is 4.14. The van der Waals surface area contributed by atoms with Crippen molar-refractivity contribution in [3.8, 4) is 0 Å². The zero-order valence-corrected chi connectivity index (χ0v) is 8.23. The Hall–Kier alpha value is -0.260. The predicted octanol–water partition coefficient (Wildman–Crippen LogP) is 3.92. The second-order valence-corrected chi connectivity index (χ2v) is 5.05. The zero-order valence-electron chi connectivity index (χ0n) is 8.23. The fourth-order valence-corrected chi connectivity index (χ4v) is 3.06. The van der Waals surface area contributed by atoms with Crippen LogP contribution in [0.2, 0.25) is 0 Å². The number of rotatable bonds is 0. The van der Waals surface area contributed by atoms with Crippen molar-refractivity contribution >= 4 is 0 Å². The molecule has 2 saturated carbocycles. The topological polar surface area (TPSA) is 0 Å². The van der Waals surface area contributed by atoms with Crippen molar-refractivity contribution in [2.24, 2.45) is 11.3 Å². The first-order valence-corrected chi connectivity index (χ1v) is 5.37. The molecule has 0 amide bonds. The Morgan fingerprint density at radius 3 is 3.00 bits per heavy atom. The molecule has 0 bridgehead atoms. The molecule has 0 N–H and O–H groups in total. The van der Waals surface area contributed by atoms with Crippen molar-refractivity contribution in [1.29, 1.82) is 0 Å². The van der Waals surface area contributed by atoms with Crippen LogP contribution in [0.5, 0.6) is 0 Å². The third kappa shape index (κ3) is 1.32. The highest BCUT2D eigenvalue weighted by Crippen LogP contribution is 2.50. The lowest BCUT2D eigenvalue weighted by atomic mass is 9.60. The largest absolute Gasteiger partial charge is 0.0999 e. The van der Waals surface area contributed by atoms with Gasteiger partial charge in [-0.15, -0.1) is 0 Å². The fraction of sp³-hybridized carbons (Fsp3) is 0.833. The van der Waals surface area contributed by atoms with E-state index in [1.54, 1.807) is 0 Å². The van der Waals surface area contributed by atoms with Gasteiger partial charge in [0.15, 0.2) is 0 Å². The van der Waals surface area contributed by atoms with Gasteiger partial charge in [-0.2, -0.15) is 0 Å². The van der Waals surface area contributed by atoms with E-state index in [1.165, 1.54) is 50.5 Å². The highest BCUT2D eigenvalue weighted by atomic mass is 14.4. The predicted molar refractivity (Wildman–Crippen MR) is 53.1 cm³/mol. The van der Waals surface area contributed by atoms with Crippen LogP contribution in [0.3, 0.4) is 0 Å². The molecular weight excluding hydrogens is 144 g/mol. The molecule has 2 aliphatic carbocycles. The molecule has 68 valence electrons. The van der Waals surface area contributed by atoms with Crippen LogP contribution in [-0.2, 0) is 0 Å². The van der Waals surface area contributed by atoms with Gasteiger partial charge >= 0.3 is 0 Å². The van der Waals surface area contributed by atoms with E-state index in [1.807, 2.05) is 0 Å². The van der Waals surface area contributed by atoms with E-state index in [0.717, 1.165) is 5.92 Å². The van der Waals surface area contributed by atoms with Crippen molar-refractivity contribution in [2.45, 2.75) is 51.9 Å². The summed E-state index contributed by atoms with van der Waals surface area (Å²) < 4.78 is 0. The molecule has 2 unspecified atom stereocenters. The molecular formula is C12H20. The minimum absolute atomic E-state index is 0.694.